The Bertz CT molecular complexity index is 625. The largest absolute Gasteiger partial charge is 0.390 e. The average molecular weight is 362 g/mol. The zero-order valence-corrected chi connectivity index (χ0v) is 15.0. The van der Waals surface area contributed by atoms with Crippen molar-refractivity contribution in [2.75, 3.05) is 50.9 Å². The van der Waals surface area contributed by atoms with Crippen molar-refractivity contribution in [1.29, 1.82) is 0 Å². The minimum atomic E-state index is -0.467. The normalized spacial score (nSPS) is 26.1. The van der Waals surface area contributed by atoms with Crippen LogP contribution in [0.15, 0.2) is 12.4 Å². The fourth-order valence-electron chi connectivity index (χ4n) is 4.02. The van der Waals surface area contributed by atoms with Gasteiger partial charge in [-0.3, -0.25) is 4.79 Å². The lowest BCUT2D eigenvalue weighted by atomic mass is 9.82. The van der Waals surface area contributed by atoms with Crippen molar-refractivity contribution in [2.45, 2.75) is 37.4 Å². The molecule has 1 N–H and O–H groups in total. The molecular formula is C18H26N4O4. The maximum atomic E-state index is 12.7. The summed E-state index contributed by atoms with van der Waals surface area (Å²) in [6, 6.07) is 0. The van der Waals surface area contributed by atoms with Gasteiger partial charge >= 0.3 is 0 Å². The number of aromatic nitrogens is 2. The summed E-state index contributed by atoms with van der Waals surface area (Å²) < 4.78 is 11.2. The van der Waals surface area contributed by atoms with Crippen LogP contribution in [0.5, 0.6) is 0 Å². The van der Waals surface area contributed by atoms with Gasteiger partial charge in [0.1, 0.15) is 0 Å². The van der Waals surface area contributed by atoms with Gasteiger partial charge < -0.3 is 24.4 Å². The number of carbonyl (C=O) groups is 1. The van der Waals surface area contributed by atoms with Crippen molar-refractivity contribution in [1.82, 2.24) is 14.9 Å². The van der Waals surface area contributed by atoms with E-state index >= 15 is 0 Å². The molecule has 1 unspecified atom stereocenters. The fraction of sp³-hybridized carbons (Fsp3) is 0.722. The highest BCUT2D eigenvalue weighted by atomic mass is 16.5. The second-order valence-corrected chi connectivity index (χ2v) is 7.23. The molecule has 8 heteroatoms. The summed E-state index contributed by atoms with van der Waals surface area (Å²) in [5.41, 5.74) is 0.0363. The lowest BCUT2D eigenvalue weighted by Gasteiger charge is -2.46. The minimum Gasteiger partial charge on any atom is -0.390 e. The SMILES string of the molecule is O=C(c1cnc(N2CCOCC2)nc1)N1CCC2(CC1)OCCCC2O. The second kappa shape index (κ2) is 7.46. The van der Waals surface area contributed by atoms with Gasteiger partial charge in [-0.05, 0) is 25.7 Å². The van der Waals surface area contributed by atoms with Crippen molar-refractivity contribution >= 4 is 11.9 Å². The molecule has 0 aromatic carbocycles. The smallest absolute Gasteiger partial charge is 0.256 e. The minimum absolute atomic E-state index is 0.0568. The van der Waals surface area contributed by atoms with Gasteiger partial charge in [-0.15, -0.1) is 0 Å². The number of amides is 1. The van der Waals surface area contributed by atoms with Crippen LogP contribution in [-0.4, -0.2) is 83.6 Å². The van der Waals surface area contributed by atoms with E-state index < -0.39 is 11.7 Å². The number of ether oxygens (including phenoxy) is 2. The highest BCUT2D eigenvalue weighted by Crippen LogP contribution is 2.35. The maximum absolute atomic E-state index is 12.7. The molecule has 0 bridgehead atoms. The van der Waals surface area contributed by atoms with Crippen LogP contribution in [0.1, 0.15) is 36.0 Å². The van der Waals surface area contributed by atoms with E-state index in [1.54, 1.807) is 12.4 Å². The van der Waals surface area contributed by atoms with E-state index in [2.05, 4.69) is 14.9 Å². The van der Waals surface area contributed by atoms with E-state index in [0.29, 0.717) is 57.3 Å². The fourth-order valence-corrected chi connectivity index (χ4v) is 4.02. The number of piperidine rings is 1. The van der Waals surface area contributed by atoms with E-state index in [1.807, 2.05) is 4.90 Å². The molecule has 4 heterocycles. The number of nitrogens with zero attached hydrogens (tertiary/aromatic N) is 4. The predicted octanol–water partition coefficient (Wildman–Crippen LogP) is 0.459. The van der Waals surface area contributed by atoms with Gasteiger partial charge in [0.2, 0.25) is 5.95 Å². The van der Waals surface area contributed by atoms with E-state index in [4.69, 9.17) is 9.47 Å². The van der Waals surface area contributed by atoms with Gasteiger partial charge in [0.05, 0.1) is 30.5 Å². The van der Waals surface area contributed by atoms with Gasteiger partial charge in [0.15, 0.2) is 0 Å². The van der Waals surface area contributed by atoms with Gasteiger partial charge in [0.25, 0.3) is 5.91 Å². The van der Waals surface area contributed by atoms with Crippen LogP contribution >= 0.6 is 0 Å². The van der Waals surface area contributed by atoms with Crippen molar-refractivity contribution in [2.24, 2.45) is 0 Å². The molecule has 4 rings (SSSR count). The van der Waals surface area contributed by atoms with Crippen molar-refractivity contribution in [3.05, 3.63) is 18.0 Å². The Morgan fingerprint density at radius 2 is 1.81 bits per heavy atom. The van der Waals surface area contributed by atoms with Gasteiger partial charge in [-0.2, -0.15) is 0 Å². The topological polar surface area (TPSA) is 88.0 Å². The van der Waals surface area contributed by atoms with E-state index in [0.717, 1.165) is 25.9 Å². The first-order valence-corrected chi connectivity index (χ1v) is 9.44. The van der Waals surface area contributed by atoms with Crippen LogP contribution in [-0.2, 0) is 9.47 Å². The predicted molar refractivity (Wildman–Crippen MR) is 94.1 cm³/mol. The molecule has 1 aromatic heterocycles. The molecule has 0 radical (unpaired) electrons. The van der Waals surface area contributed by atoms with Gasteiger partial charge in [-0.1, -0.05) is 0 Å². The lowest BCUT2D eigenvalue weighted by molar-refractivity contribution is -0.174. The van der Waals surface area contributed by atoms with Crippen LogP contribution in [0.3, 0.4) is 0 Å². The Morgan fingerprint density at radius 1 is 1.12 bits per heavy atom. The monoisotopic (exact) mass is 362 g/mol. The number of carbonyl (C=O) groups excluding carboxylic acids is 1. The van der Waals surface area contributed by atoms with Crippen molar-refractivity contribution < 1.29 is 19.4 Å². The third-order valence-corrected chi connectivity index (χ3v) is 5.69. The number of likely N-dealkylation sites (tertiary alicyclic amines) is 1. The molecule has 1 aromatic rings. The second-order valence-electron chi connectivity index (χ2n) is 7.23. The average Bonchev–Trinajstić information content (AvgIpc) is 2.71. The molecular weight excluding hydrogens is 336 g/mol. The number of aliphatic hydroxyl groups excluding tert-OH is 1. The molecule has 8 nitrogen and oxygen atoms in total. The van der Waals surface area contributed by atoms with Crippen LogP contribution in [0, 0.1) is 0 Å². The van der Waals surface area contributed by atoms with Crippen LogP contribution in [0.25, 0.3) is 0 Å². The highest BCUT2D eigenvalue weighted by molar-refractivity contribution is 5.93. The summed E-state index contributed by atoms with van der Waals surface area (Å²) in [6.07, 6.45) is 5.82. The van der Waals surface area contributed by atoms with Crippen molar-refractivity contribution in [3.63, 3.8) is 0 Å². The Labute approximate surface area is 153 Å². The molecule has 1 amide bonds. The zero-order chi connectivity index (χ0) is 18.0. The molecule has 1 atom stereocenters. The molecule has 142 valence electrons. The van der Waals surface area contributed by atoms with Crippen LogP contribution < -0.4 is 4.90 Å². The Balaban J connectivity index is 1.37. The van der Waals surface area contributed by atoms with E-state index in [9.17, 15) is 9.90 Å². The molecule has 3 fully saturated rings. The maximum Gasteiger partial charge on any atom is 0.256 e. The zero-order valence-electron chi connectivity index (χ0n) is 15.0. The molecule has 0 saturated carbocycles. The first kappa shape index (κ1) is 17.6. The summed E-state index contributed by atoms with van der Waals surface area (Å²) in [5.74, 6) is 0.583. The molecule has 1 spiro atoms. The number of anilines is 1. The number of hydrogen-bond acceptors (Lipinski definition) is 7. The van der Waals surface area contributed by atoms with Crippen LogP contribution in [0.2, 0.25) is 0 Å². The number of morpholine rings is 1. The van der Waals surface area contributed by atoms with Gasteiger partial charge in [-0.25, -0.2) is 9.97 Å². The number of aliphatic hydroxyl groups is 1. The molecule has 3 saturated heterocycles. The first-order chi connectivity index (χ1) is 12.7. The standard InChI is InChI=1S/C18H26N4O4/c23-15-2-1-9-26-18(15)3-5-21(6-4-18)16(24)14-12-19-17(20-13-14)22-7-10-25-11-8-22/h12-13,15,23H,1-11H2. The summed E-state index contributed by atoms with van der Waals surface area (Å²) in [5, 5.41) is 10.3. The number of rotatable bonds is 2. The summed E-state index contributed by atoms with van der Waals surface area (Å²) in [7, 11) is 0. The summed E-state index contributed by atoms with van der Waals surface area (Å²) in [6.45, 7) is 4.75. The van der Waals surface area contributed by atoms with Crippen LogP contribution in [0.4, 0.5) is 5.95 Å². The molecule has 0 aliphatic carbocycles. The molecule has 26 heavy (non-hydrogen) atoms. The van der Waals surface area contributed by atoms with Gasteiger partial charge in [0, 0.05) is 45.2 Å². The number of hydrogen-bond donors (Lipinski definition) is 1. The third kappa shape index (κ3) is 3.41. The quantitative estimate of drug-likeness (QED) is 0.818. The van der Waals surface area contributed by atoms with Crippen molar-refractivity contribution in [3.8, 4) is 0 Å². The Kier molecular flexibility index (Phi) is 5.06. The molecule has 3 aliphatic rings. The summed E-state index contributed by atoms with van der Waals surface area (Å²) >= 11 is 0. The van der Waals surface area contributed by atoms with E-state index in [1.165, 1.54) is 0 Å². The Morgan fingerprint density at radius 3 is 2.46 bits per heavy atom. The lowest BCUT2D eigenvalue weighted by Crippen LogP contribution is -2.56. The highest BCUT2D eigenvalue weighted by Gasteiger charge is 2.44. The first-order valence-electron chi connectivity index (χ1n) is 9.44. The summed E-state index contributed by atoms with van der Waals surface area (Å²) in [4.78, 5) is 25.3. The van der Waals surface area contributed by atoms with E-state index in [-0.39, 0.29) is 5.91 Å². The third-order valence-electron chi connectivity index (χ3n) is 5.69. The Hall–Kier alpha value is -1.77. The molecule has 3 aliphatic heterocycles.